The van der Waals surface area contributed by atoms with Crippen LogP contribution in [-0.2, 0) is 19.6 Å². The highest BCUT2D eigenvalue weighted by molar-refractivity contribution is 7.89. The number of benzene rings is 1. The van der Waals surface area contributed by atoms with Gasteiger partial charge in [0, 0.05) is 18.8 Å². The lowest BCUT2D eigenvalue weighted by Crippen LogP contribution is -2.55. The van der Waals surface area contributed by atoms with Gasteiger partial charge in [-0.15, -0.1) is 0 Å². The van der Waals surface area contributed by atoms with E-state index in [9.17, 15) is 39.6 Å². The summed E-state index contributed by atoms with van der Waals surface area (Å²) in [6.45, 7) is 2.97. The van der Waals surface area contributed by atoms with E-state index >= 15 is 0 Å². The molecule has 1 aliphatic heterocycles. The van der Waals surface area contributed by atoms with Crippen molar-refractivity contribution in [3.05, 3.63) is 23.3 Å². The first-order valence-electron chi connectivity index (χ1n) is 8.67. The second kappa shape index (κ2) is 8.00. The molecule has 1 saturated heterocycles. The number of nitrogens with zero attached hydrogens (tertiary/aromatic N) is 1. The standard InChI is InChI=1S/C17H20F6N2O4S/c1-10-8-12(24-14(26)15(3,16(18,19)20)17(21,22)23)9-13(11(10)2)30(27,28)25-4-6-29-7-5-25/h8-9H,4-7H2,1-3H3,(H,24,26). The van der Waals surface area contributed by atoms with Gasteiger partial charge < -0.3 is 10.1 Å². The van der Waals surface area contributed by atoms with E-state index in [0.29, 0.717) is 0 Å². The zero-order chi connectivity index (χ0) is 23.1. The van der Waals surface area contributed by atoms with Crippen molar-refractivity contribution in [3.63, 3.8) is 0 Å². The molecule has 1 amide bonds. The molecule has 1 fully saturated rings. The molecule has 0 spiro atoms. The van der Waals surface area contributed by atoms with Gasteiger partial charge >= 0.3 is 12.4 Å². The highest BCUT2D eigenvalue weighted by atomic mass is 32.2. The Labute approximate surface area is 169 Å². The van der Waals surface area contributed by atoms with Crippen LogP contribution in [0.1, 0.15) is 18.1 Å². The number of alkyl halides is 6. The third-order valence-electron chi connectivity index (χ3n) is 5.05. The van der Waals surface area contributed by atoms with Gasteiger partial charge in [0.25, 0.3) is 0 Å². The van der Waals surface area contributed by atoms with Gasteiger partial charge in [-0.05, 0) is 44.0 Å². The third-order valence-corrected chi connectivity index (χ3v) is 7.08. The summed E-state index contributed by atoms with van der Waals surface area (Å²) in [5, 5.41) is 1.59. The Bertz CT molecular complexity index is 907. The number of anilines is 1. The van der Waals surface area contributed by atoms with Gasteiger partial charge in [0.2, 0.25) is 21.3 Å². The molecule has 13 heteroatoms. The summed E-state index contributed by atoms with van der Waals surface area (Å²) < 4.78 is 111. The Morgan fingerprint density at radius 3 is 2.00 bits per heavy atom. The van der Waals surface area contributed by atoms with Gasteiger partial charge in [0.05, 0.1) is 18.1 Å². The van der Waals surface area contributed by atoms with Crippen LogP contribution in [0.15, 0.2) is 17.0 Å². The van der Waals surface area contributed by atoms with Gasteiger partial charge in [-0.3, -0.25) is 4.79 Å². The van der Waals surface area contributed by atoms with Crippen LogP contribution in [0.5, 0.6) is 0 Å². The number of nitrogens with one attached hydrogen (secondary N) is 1. The van der Waals surface area contributed by atoms with Gasteiger partial charge in [-0.1, -0.05) is 0 Å². The molecule has 0 saturated carbocycles. The van der Waals surface area contributed by atoms with Crippen LogP contribution >= 0.6 is 0 Å². The molecule has 0 unspecified atom stereocenters. The maximum absolute atomic E-state index is 13.1. The number of hydrogen-bond acceptors (Lipinski definition) is 4. The van der Waals surface area contributed by atoms with Gasteiger partial charge in [0.1, 0.15) is 0 Å². The fourth-order valence-corrected chi connectivity index (χ4v) is 4.50. The molecule has 1 heterocycles. The molecule has 0 radical (unpaired) electrons. The van der Waals surface area contributed by atoms with Crippen molar-refractivity contribution in [1.29, 1.82) is 0 Å². The highest BCUT2D eigenvalue weighted by Gasteiger charge is 2.72. The number of amides is 1. The van der Waals surface area contributed by atoms with E-state index in [2.05, 4.69) is 0 Å². The summed E-state index contributed by atoms with van der Waals surface area (Å²) in [7, 11) is -4.11. The van der Waals surface area contributed by atoms with Crippen molar-refractivity contribution in [3.8, 4) is 0 Å². The van der Waals surface area contributed by atoms with Crippen molar-refractivity contribution < 1.29 is 44.3 Å². The van der Waals surface area contributed by atoms with Crippen molar-refractivity contribution in [1.82, 2.24) is 4.31 Å². The molecule has 0 aromatic heterocycles. The van der Waals surface area contributed by atoms with Gasteiger partial charge in [0.15, 0.2) is 0 Å². The first-order valence-corrected chi connectivity index (χ1v) is 10.1. The minimum absolute atomic E-state index is 0.0393. The normalized spacial score (nSPS) is 17.1. The number of hydrogen-bond donors (Lipinski definition) is 1. The minimum atomic E-state index is -5.92. The summed E-state index contributed by atoms with van der Waals surface area (Å²) in [5.74, 6) is -2.36. The predicted molar refractivity (Wildman–Crippen MR) is 94.3 cm³/mol. The summed E-state index contributed by atoms with van der Waals surface area (Å²) in [5.41, 5.74) is -4.65. The number of carbonyl (C=O) groups excluding carboxylic acids is 1. The first kappa shape index (κ1) is 24.4. The average molecular weight is 462 g/mol. The maximum atomic E-state index is 13.1. The maximum Gasteiger partial charge on any atom is 0.411 e. The number of aryl methyl sites for hydroxylation is 1. The summed E-state index contributed by atoms with van der Waals surface area (Å²) in [6, 6.07) is 1.97. The largest absolute Gasteiger partial charge is 0.411 e. The van der Waals surface area contributed by atoms with Crippen molar-refractivity contribution in [2.24, 2.45) is 5.41 Å². The molecule has 30 heavy (non-hydrogen) atoms. The molecule has 1 aliphatic rings. The van der Waals surface area contributed by atoms with Crippen LogP contribution in [0.3, 0.4) is 0 Å². The Kier molecular flexibility index (Phi) is 6.51. The molecular weight excluding hydrogens is 442 g/mol. The fraction of sp³-hybridized carbons (Fsp3) is 0.588. The zero-order valence-corrected chi connectivity index (χ0v) is 17.1. The quantitative estimate of drug-likeness (QED) is 0.697. The van der Waals surface area contributed by atoms with Crippen LogP contribution in [0.2, 0.25) is 0 Å². The van der Waals surface area contributed by atoms with Crippen molar-refractivity contribution in [2.75, 3.05) is 31.6 Å². The second-order valence-corrected chi connectivity index (χ2v) is 8.91. The van der Waals surface area contributed by atoms with Crippen LogP contribution in [0.4, 0.5) is 32.0 Å². The molecular formula is C17H20F6N2O4S. The van der Waals surface area contributed by atoms with E-state index in [1.807, 2.05) is 0 Å². The molecule has 0 aliphatic carbocycles. The lowest BCUT2D eigenvalue weighted by molar-refractivity contribution is -0.317. The van der Waals surface area contributed by atoms with E-state index in [4.69, 9.17) is 4.74 Å². The molecule has 0 atom stereocenters. The lowest BCUT2D eigenvalue weighted by Gasteiger charge is -2.32. The molecule has 1 aromatic carbocycles. The Balaban J connectivity index is 2.48. The smallest absolute Gasteiger partial charge is 0.379 e. The van der Waals surface area contributed by atoms with E-state index in [1.165, 1.54) is 13.8 Å². The molecule has 2 rings (SSSR count). The monoisotopic (exact) mass is 462 g/mol. The molecule has 6 nitrogen and oxygen atoms in total. The minimum Gasteiger partial charge on any atom is -0.379 e. The Morgan fingerprint density at radius 2 is 1.53 bits per heavy atom. The van der Waals surface area contributed by atoms with Gasteiger partial charge in [-0.2, -0.15) is 30.6 Å². The number of morpholine rings is 1. The number of ether oxygens (including phenoxy) is 1. The van der Waals surface area contributed by atoms with E-state index in [1.54, 1.807) is 5.32 Å². The predicted octanol–water partition coefficient (Wildman–Crippen LogP) is 3.39. The Hall–Kier alpha value is -1.86. The summed E-state index contributed by atoms with van der Waals surface area (Å²) in [6.07, 6.45) is -11.8. The average Bonchev–Trinajstić information content (AvgIpc) is 2.62. The highest BCUT2D eigenvalue weighted by Crippen LogP contribution is 2.50. The third kappa shape index (κ3) is 4.28. The molecule has 170 valence electrons. The van der Waals surface area contributed by atoms with Crippen LogP contribution in [0.25, 0.3) is 0 Å². The Morgan fingerprint density at radius 1 is 1.03 bits per heavy atom. The molecule has 1 N–H and O–H groups in total. The zero-order valence-electron chi connectivity index (χ0n) is 16.2. The number of carbonyl (C=O) groups is 1. The number of rotatable bonds is 4. The van der Waals surface area contributed by atoms with E-state index in [-0.39, 0.29) is 49.2 Å². The van der Waals surface area contributed by atoms with E-state index in [0.717, 1.165) is 16.4 Å². The van der Waals surface area contributed by atoms with Crippen molar-refractivity contribution in [2.45, 2.75) is 38.0 Å². The van der Waals surface area contributed by atoms with E-state index < -0.39 is 39.4 Å². The number of halogens is 6. The van der Waals surface area contributed by atoms with Crippen LogP contribution < -0.4 is 5.32 Å². The fourth-order valence-electron chi connectivity index (χ4n) is 2.77. The topological polar surface area (TPSA) is 75.7 Å². The summed E-state index contributed by atoms with van der Waals surface area (Å²) in [4.78, 5) is 11.7. The summed E-state index contributed by atoms with van der Waals surface area (Å²) >= 11 is 0. The molecule has 0 bridgehead atoms. The molecule has 1 aromatic rings. The second-order valence-electron chi connectivity index (χ2n) is 7.01. The SMILES string of the molecule is Cc1cc(NC(=O)C(C)(C(F)(F)F)C(F)(F)F)cc(S(=O)(=O)N2CCOCC2)c1C. The van der Waals surface area contributed by atoms with Gasteiger partial charge in [-0.25, -0.2) is 8.42 Å². The van der Waals surface area contributed by atoms with Crippen LogP contribution in [0, 0.1) is 19.3 Å². The van der Waals surface area contributed by atoms with Crippen LogP contribution in [-0.4, -0.2) is 57.3 Å². The van der Waals surface area contributed by atoms with Crippen molar-refractivity contribution >= 4 is 21.6 Å². The lowest BCUT2D eigenvalue weighted by atomic mass is 9.87. The number of sulfonamides is 1. The first-order chi connectivity index (χ1) is 13.5.